The highest BCUT2D eigenvalue weighted by Crippen LogP contribution is 2.28. The number of likely N-dealkylation sites (N-methyl/N-ethyl adjacent to an activating group) is 1. The van der Waals surface area contributed by atoms with Gasteiger partial charge in [-0.1, -0.05) is 17.7 Å². The van der Waals surface area contributed by atoms with Crippen molar-refractivity contribution in [2.75, 3.05) is 26.8 Å². The number of sulfonamides is 1. The zero-order valence-electron chi connectivity index (χ0n) is 18.0. The van der Waals surface area contributed by atoms with Crippen LogP contribution in [0.5, 0.6) is 11.5 Å². The first-order valence-corrected chi connectivity index (χ1v) is 11.1. The fraction of sp³-hybridized carbons (Fsp3) is 0.333. The Labute approximate surface area is 182 Å². The van der Waals surface area contributed by atoms with Gasteiger partial charge in [0.15, 0.2) is 11.5 Å². The molecule has 31 heavy (non-hydrogen) atoms. The number of nitrogens with zero attached hydrogens (tertiary/aromatic N) is 1. The number of carbonyl (C=O) groups is 2. The molecular formula is C21H27N3O6S. The van der Waals surface area contributed by atoms with Gasteiger partial charge in [0.25, 0.3) is 11.8 Å². The van der Waals surface area contributed by atoms with Crippen molar-refractivity contribution < 1.29 is 27.5 Å². The van der Waals surface area contributed by atoms with Gasteiger partial charge in [-0.25, -0.2) is 8.42 Å². The van der Waals surface area contributed by atoms with Crippen LogP contribution in [0.3, 0.4) is 0 Å². The van der Waals surface area contributed by atoms with Crippen LogP contribution >= 0.6 is 0 Å². The van der Waals surface area contributed by atoms with Crippen molar-refractivity contribution >= 4 is 21.8 Å². The van der Waals surface area contributed by atoms with Crippen molar-refractivity contribution in [3.05, 3.63) is 53.6 Å². The third-order valence-electron chi connectivity index (χ3n) is 4.22. The van der Waals surface area contributed by atoms with E-state index in [1.165, 1.54) is 31.3 Å². The number of amides is 2. The highest BCUT2D eigenvalue weighted by molar-refractivity contribution is 7.89. The van der Waals surface area contributed by atoms with Crippen LogP contribution in [0.15, 0.2) is 47.4 Å². The minimum Gasteiger partial charge on any atom is -0.490 e. The second kappa shape index (κ2) is 10.8. The maximum Gasteiger partial charge on any atom is 0.269 e. The maximum atomic E-state index is 12.6. The van der Waals surface area contributed by atoms with Gasteiger partial charge in [-0.05, 0) is 51.1 Å². The van der Waals surface area contributed by atoms with Gasteiger partial charge in [0.05, 0.1) is 24.7 Å². The second-order valence-electron chi connectivity index (χ2n) is 6.60. The maximum absolute atomic E-state index is 12.6. The quantitative estimate of drug-likeness (QED) is 0.565. The fourth-order valence-electron chi connectivity index (χ4n) is 2.61. The second-order valence-corrected chi connectivity index (χ2v) is 8.65. The molecule has 10 heteroatoms. The van der Waals surface area contributed by atoms with Crippen LogP contribution in [0.2, 0.25) is 0 Å². The molecule has 0 bridgehead atoms. The summed E-state index contributed by atoms with van der Waals surface area (Å²) in [7, 11) is -2.55. The molecule has 0 spiro atoms. The lowest BCUT2D eigenvalue weighted by atomic mass is 10.2. The molecule has 2 N–H and O–H groups in total. The van der Waals surface area contributed by atoms with Gasteiger partial charge < -0.3 is 9.47 Å². The van der Waals surface area contributed by atoms with Crippen LogP contribution in [0, 0.1) is 6.92 Å². The van der Waals surface area contributed by atoms with E-state index in [9.17, 15) is 18.0 Å². The predicted molar refractivity (Wildman–Crippen MR) is 115 cm³/mol. The molecule has 0 saturated carbocycles. The van der Waals surface area contributed by atoms with Gasteiger partial charge in [0.2, 0.25) is 10.0 Å². The van der Waals surface area contributed by atoms with E-state index in [0.29, 0.717) is 24.7 Å². The molecule has 2 rings (SSSR count). The number of hydrogen-bond donors (Lipinski definition) is 2. The summed E-state index contributed by atoms with van der Waals surface area (Å²) in [6, 6.07) is 10.9. The summed E-state index contributed by atoms with van der Waals surface area (Å²) in [5.41, 5.74) is 5.65. The summed E-state index contributed by atoms with van der Waals surface area (Å²) in [6.07, 6.45) is 0. The van der Waals surface area contributed by atoms with Gasteiger partial charge in [0, 0.05) is 12.6 Å². The Kier molecular flexibility index (Phi) is 8.40. The molecule has 0 aliphatic heterocycles. The summed E-state index contributed by atoms with van der Waals surface area (Å²) in [5.74, 6) is -0.357. The number of carbonyl (C=O) groups excluding carboxylic acids is 2. The first-order chi connectivity index (χ1) is 14.7. The highest BCUT2D eigenvalue weighted by atomic mass is 32.2. The summed E-state index contributed by atoms with van der Waals surface area (Å²) in [5, 5.41) is 0. The normalized spacial score (nSPS) is 11.1. The molecule has 2 amide bonds. The lowest BCUT2D eigenvalue weighted by Crippen LogP contribution is -2.46. The van der Waals surface area contributed by atoms with Crippen LogP contribution in [-0.2, 0) is 14.8 Å². The van der Waals surface area contributed by atoms with Gasteiger partial charge in [-0.15, -0.1) is 0 Å². The molecule has 0 heterocycles. The lowest BCUT2D eigenvalue weighted by molar-refractivity contribution is -0.121. The summed E-state index contributed by atoms with van der Waals surface area (Å²) in [6.45, 7) is 5.86. The molecular weight excluding hydrogens is 422 g/mol. The summed E-state index contributed by atoms with van der Waals surface area (Å²) < 4.78 is 36.9. The van der Waals surface area contributed by atoms with E-state index >= 15 is 0 Å². The van der Waals surface area contributed by atoms with E-state index < -0.39 is 28.4 Å². The number of hydrazine groups is 1. The van der Waals surface area contributed by atoms with Crippen molar-refractivity contribution in [3.8, 4) is 11.5 Å². The number of hydrogen-bond acceptors (Lipinski definition) is 6. The predicted octanol–water partition coefficient (Wildman–Crippen LogP) is 1.87. The standard InChI is InChI=1S/C21H27N3O6S/c1-5-29-18-12-9-16(13-19(18)30-6-2)21(26)23-22-20(25)14-24(4)31(27,28)17-10-7-15(3)8-11-17/h7-13H,5-6,14H2,1-4H3,(H,22,25)(H,23,26). The molecule has 0 aliphatic rings. The first kappa shape index (κ1) is 24.2. The molecule has 0 unspecified atom stereocenters. The van der Waals surface area contributed by atoms with Crippen molar-refractivity contribution in [2.24, 2.45) is 0 Å². The van der Waals surface area contributed by atoms with Crippen LogP contribution in [0.1, 0.15) is 29.8 Å². The van der Waals surface area contributed by atoms with E-state index in [1.807, 2.05) is 20.8 Å². The minimum atomic E-state index is -3.83. The average Bonchev–Trinajstić information content (AvgIpc) is 2.73. The smallest absolute Gasteiger partial charge is 0.269 e. The zero-order chi connectivity index (χ0) is 23.0. The third kappa shape index (κ3) is 6.43. The topological polar surface area (TPSA) is 114 Å². The number of ether oxygens (including phenoxy) is 2. The van der Waals surface area contributed by atoms with Crippen LogP contribution in [0.25, 0.3) is 0 Å². The molecule has 0 fully saturated rings. The monoisotopic (exact) mass is 449 g/mol. The van der Waals surface area contributed by atoms with Crippen molar-refractivity contribution in [1.29, 1.82) is 0 Å². The molecule has 0 aromatic heterocycles. The van der Waals surface area contributed by atoms with Gasteiger partial charge in [0.1, 0.15) is 0 Å². The lowest BCUT2D eigenvalue weighted by Gasteiger charge is -2.17. The van der Waals surface area contributed by atoms with Crippen molar-refractivity contribution in [3.63, 3.8) is 0 Å². The number of nitrogens with one attached hydrogen (secondary N) is 2. The van der Waals surface area contributed by atoms with Gasteiger partial charge >= 0.3 is 0 Å². The fourth-order valence-corrected chi connectivity index (χ4v) is 3.74. The van der Waals surface area contributed by atoms with E-state index in [1.54, 1.807) is 18.2 Å². The van der Waals surface area contributed by atoms with E-state index in [0.717, 1.165) is 9.87 Å². The molecule has 0 aliphatic carbocycles. The third-order valence-corrected chi connectivity index (χ3v) is 6.03. The molecule has 0 atom stereocenters. The Morgan fingerprint density at radius 2 is 1.55 bits per heavy atom. The van der Waals surface area contributed by atoms with Crippen LogP contribution in [0.4, 0.5) is 0 Å². The Hall–Kier alpha value is -3.11. The van der Waals surface area contributed by atoms with Crippen LogP contribution in [-0.4, -0.2) is 51.3 Å². The SMILES string of the molecule is CCOc1ccc(C(=O)NNC(=O)CN(C)S(=O)(=O)c2ccc(C)cc2)cc1OCC. The summed E-state index contributed by atoms with van der Waals surface area (Å²) >= 11 is 0. The molecule has 2 aromatic rings. The van der Waals surface area contributed by atoms with Crippen molar-refractivity contribution in [1.82, 2.24) is 15.2 Å². The van der Waals surface area contributed by atoms with E-state index in [2.05, 4.69) is 10.9 Å². The van der Waals surface area contributed by atoms with Crippen LogP contribution < -0.4 is 20.3 Å². The molecule has 0 radical (unpaired) electrons. The van der Waals surface area contributed by atoms with Gasteiger partial charge in [-0.3, -0.25) is 20.4 Å². The molecule has 0 saturated heterocycles. The first-order valence-electron chi connectivity index (χ1n) is 9.70. The highest BCUT2D eigenvalue weighted by Gasteiger charge is 2.23. The van der Waals surface area contributed by atoms with E-state index in [-0.39, 0.29) is 10.5 Å². The van der Waals surface area contributed by atoms with E-state index in [4.69, 9.17) is 9.47 Å². The number of benzene rings is 2. The van der Waals surface area contributed by atoms with Gasteiger partial charge in [-0.2, -0.15) is 4.31 Å². The molecule has 168 valence electrons. The number of aryl methyl sites for hydroxylation is 1. The average molecular weight is 450 g/mol. The Morgan fingerprint density at radius 1 is 0.935 bits per heavy atom. The Morgan fingerprint density at radius 3 is 2.16 bits per heavy atom. The molecule has 2 aromatic carbocycles. The minimum absolute atomic E-state index is 0.0790. The summed E-state index contributed by atoms with van der Waals surface area (Å²) in [4.78, 5) is 24.6. The Balaban J connectivity index is 1.98. The Bertz CT molecular complexity index is 1020. The molecule has 9 nitrogen and oxygen atoms in total. The van der Waals surface area contributed by atoms with Crippen molar-refractivity contribution in [2.45, 2.75) is 25.7 Å². The zero-order valence-corrected chi connectivity index (χ0v) is 18.8. The number of rotatable bonds is 9. The largest absolute Gasteiger partial charge is 0.490 e.